The fourth-order valence-corrected chi connectivity index (χ4v) is 7.37. The number of carbonyl (C=O) groups is 2. The number of likely N-dealkylation sites (tertiary alicyclic amines) is 1. The summed E-state index contributed by atoms with van der Waals surface area (Å²) in [7, 11) is 1.71. The summed E-state index contributed by atoms with van der Waals surface area (Å²) >= 11 is 0. The molecule has 0 spiro atoms. The average Bonchev–Trinajstić information content (AvgIpc) is 3.45. The van der Waals surface area contributed by atoms with Crippen LogP contribution in [0.25, 0.3) is 0 Å². The average molecular weight is 553 g/mol. The molecule has 2 unspecified atom stereocenters. The van der Waals surface area contributed by atoms with Crippen molar-refractivity contribution in [2.75, 3.05) is 46.6 Å². The van der Waals surface area contributed by atoms with Crippen LogP contribution in [0.2, 0.25) is 0 Å². The highest BCUT2D eigenvalue weighted by molar-refractivity contribution is 5.86. The second-order valence-electron chi connectivity index (χ2n) is 11.7. The lowest BCUT2D eigenvalue weighted by molar-refractivity contribution is -0.144. The molecule has 216 valence electrons. The number of methoxy groups -OCH3 is 1. The van der Waals surface area contributed by atoms with E-state index in [1.165, 1.54) is 12.1 Å². The third-order valence-electron chi connectivity index (χ3n) is 9.29. The van der Waals surface area contributed by atoms with Crippen LogP contribution >= 0.6 is 0 Å². The molecule has 2 saturated heterocycles. The lowest BCUT2D eigenvalue weighted by atomic mass is 9.77. The third-order valence-corrected chi connectivity index (χ3v) is 9.29. The lowest BCUT2D eigenvalue weighted by Gasteiger charge is -2.38. The molecule has 2 amide bonds. The van der Waals surface area contributed by atoms with Crippen molar-refractivity contribution in [3.63, 3.8) is 0 Å². The Morgan fingerprint density at radius 3 is 2.77 bits per heavy atom. The smallest absolute Gasteiger partial charge is 0.416 e. The first-order valence-electron chi connectivity index (χ1n) is 14.1. The van der Waals surface area contributed by atoms with E-state index in [2.05, 4.69) is 0 Å². The minimum atomic E-state index is -4.43. The number of amides is 2. The van der Waals surface area contributed by atoms with Crippen LogP contribution in [0.3, 0.4) is 0 Å². The maximum atomic E-state index is 14.3. The first kappa shape index (κ1) is 28.2. The Labute approximate surface area is 227 Å². The number of rotatable bonds is 6. The van der Waals surface area contributed by atoms with E-state index < -0.39 is 23.2 Å². The number of alkyl halides is 3. The topological polar surface area (TPSA) is 68.3 Å². The maximum absolute atomic E-state index is 14.3. The molecule has 3 fully saturated rings. The second-order valence-corrected chi connectivity index (χ2v) is 11.7. The summed E-state index contributed by atoms with van der Waals surface area (Å²) in [4.78, 5) is 30.5. The van der Waals surface area contributed by atoms with Gasteiger partial charge in [-0.3, -0.25) is 4.79 Å². The summed E-state index contributed by atoms with van der Waals surface area (Å²) in [6.07, 6.45) is -0.208. The van der Waals surface area contributed by atoms with E-state index in [1.807, 2.05) is 6.92 Å². The first-order valence-corrected chi connectivity index (χ1v) is 14.1. The largest absolute Gasteiger partial charge is 0.449 e. The summed E-state index contributed by atoms with van der Waals surface area (Å²) < 4.78 is 56.8. The molecule has 3 heterocycles. The number of fused-ring (bicyclic) bond motifs is 2. The summed E-state index contributed by atoms with van der Waals surface area (Å²) in [5, 5.41) is 0. The van der Waals surface area contributed by atoms with Gasteiger partial charge in [-0.2, -0.15) is 13.2 Å². The Balaban J connectivity index is 1.36. The molecule has 0 N–H and O–H groups in total. The number of nitrogens with zero attached hydrogens (tertiary/aromatic N) is 2. The van der Waals surface area contributed by atoms with Crippen LogP contribution < -0.4 is 0 Å². The van der Waals surface area contributed by atoms with E-state index >= 15 is 0 Å². The van der Waals surface area contributed by atoms with Gasteiger partial charge in [0.25, 0.3) is 0 Å². The zero-order valence-electron chi connectivity index (χ0n) is 22.8. The van der Waals surface area contributed by atoms with Gasteiger partial charge in [0.05, 0.1) is 30.3 Å². The molecule has 1 aromatic carbocycles. The van der Waals surface area contributed by atoms with E-state index in [0.717, 1.165) is 30.9 Å². The van der Waals surface area contributed by atoms with Gasteiger partial charge >= 0.3 is 12.3 Å². The van der Waals surface area contributed by atoms with Gasteiger partial charge in [0.15, 0.2) is 0 Å². The van der Waals surface area contributed by atoms with Crippen LogP contribution in [0.4, 0.5) is 18.0 Å². The molecular formula is C29H39F3N2O5. The summed E-state index contributed by atoms with van der Waals surface area (Å²) in [6.45, 7) is 4.92. The molecule has 0 aromatic heterocycles. The van der Waals surface area contributed by atoms with Crippen molar-refractivity contribution in [1.29, 1.82) is 0 Å². The van der Waals surface area contributed by atoms with Crippen molar-refractivity contribution < 1.29 is 37.0 Å². The molecule has 0 radical (unpaired) electrons. The Morgan fingerprint density at radius 1 is 1.21 bits per heavy atom. The Kier molecular flexibility index (Phi) is 8.15. The number of hydrogen-bond donors (Lipinski definition) is 0. The molecule has 1 aliphatic carbocycles. The molecule has 4 aliphatic rings. The molecule has 7 nitrogen and oxygen atoms in total. The summed E-state index contributed by atoms with van der Waals surface area (Å²) in [5.41, 5.74) is -0.0358. The van der Waals surface area contributed by atoms with Gasteiger partial charge in [-0.1, -0.05) is 13.0 Å². The van der Waals surface area contributed by atoms with Gasteiger partial charge < -0.3 is 24.0 Å². The number of ether oxygens (including phenoxy) is 3. The minimum absolute atomic E-state index is 0.00656. The van der Waals surface area contributed by atoms with Crippen LogP contribution in [0.5, 0.6) is 0 Å². The molecule has 10 heteroatoms. The van der Waals surface area contributed by atoms with Crippen molar-refractivity contribution in [3.8, 4) is 0 Å². The maximum Gasteiger partial charge on any atom is 0.416 e. The molecular weight excluding hydrogens is 513 g/mol. The lowest BCUT2D eigenvalue weighted by Crippen LogP contribution is -2.49. The van der Waals surface area contributed by atoms with Gasteiger partial charge in [-0.05, 0) is 79.5 Å². The molecule has 5 atom stereocenters. The normalized spacial score (nSPS) is 30.7. The van der Waals surface area contributed by atoms with Gasteiger partial charge in [0.2, 0.25) is 5.91 Å². The van der Waals surface area contributed by atoms with Crippen LogP contribution in [0.1, 0.15) is 55.7 Å². The number of carbonyl (C=O) groups excluding carboxylic acids is 2. The quantitative estimate of drug-likeness (QED) is 0.502. The van der Waals surface area contributed by atoms with Gasteiger partial charge in [0, 0.05) is 39.9 Å². The van der Waals surface area contributed by atoms with Crippen LogP contribution in [-0.2, 0) is 38.1 Å². The number of halogens is 3. The number of hydrogen-bond acceptors (Lipinski definition) is 5. The highest BCUT2D eigenvalue weighted by Gasteiger charge is 2.60. The second kappa shape index (κ2) is 11.3. The standard InChI is InChI=1S/C29H39F3N2O5/c1-3-9-39-27(36)34-16-24-12-19(11-21-7-10-38-17-25(21)37-2)14-28(24,18-34)26(35)33-8-6-20-4-5-23(29(30,31)32)13-22(20)15-33/h4-5,13,19,21,24-25H,3,6-12,14-18H2,1-2H3/t19-,21?,24+,25?,28+/m1/s1. The Hall–Kier alpha value is -2.33. The van der Waals surface area contributed by atoms with Crippen molar-refractivity contribution >= 4 is 12.0 Å². The van der Waals surface area contributed by atoms with E-state index in [4.69, 9.17) is 14.2 Å². The van der Waals surface area contributed by atoms with E-state index in [1.54, 1.807) is 16.9 Å². The predicted molar refractivity (Wildman–Crippen MR) is 137 cm³/mol. The molecule has 3 aliphatic heterocycles. The van der Waals surface area contributed by atoms with Crippen molar-refractivity contribution in [1.82, 2.24) is 9.80 Å². The van der Waals surface area contributed by atoms with E-state index in [0.29, 0.717) is 76.1 Å². The Bertz CT molecular complexity index is 1070. The highest BCUT2D eigenvalue weighted by Crippen LogP contribution is 2.54. The zero-order chi connectivity index (χ0) is 27.8. The van der Waals surface area contributed by atoms with Gasteiger partial charge in [-0.15, -0.1) is 0 Å². The SMILES string of the molecule is CCCOC(=O)N1C[C@@H]2C[C@@H](CC3CCOCC3OC)C[C@]2(C(=O)N2CCc3ccc(C(F)(F)F)cc3C2)C1. The summed E-state index contributed by atoms with van der Waals surface area (Å²) in [5.74, 6) is 0.613. The monoisotopic (exact) mass is 552 g/mol. The molecule has 5 rings (SSSR count). The van der Waals surface area contributed by atoms with Crippen LogP contribution in [0, 0.1) is 23.2 Å². The fourth-order valence-electron chi connectivity index (χ4n) is 7.37. The fraction of sp³-hybridized carbons (Fsp3) is 0.724. The minimum Gasteiger partial charge on any atom is -0.449 e. The third kappa shape index (κ3) is 5.64. The molecule has 0 bridgehead atoms. The highest BCUT2D eigenvalue weighted by atomic mass is 19.4. The predicted octanol–water partition coefficient (Wildman–Crippen LogP) is 4.91. The Morgan fingerprint density at radius 2 is 2.03 bits per heavy atom. The first-order chi connectivity index (χ1) is 18.6. The van der Waals surface area contributed by atoms with E-state index in [9.17, 15) is 22.8 Å². The van der Waals surface area contributed by atoms with E-state index in [-0.39, 0.29) is 24.5 Å². The van der Waals surface area contributed by atoms with Crippen LogP contribution in [0.15, 0.2) is 18.2 Å². The van der Waals surface area contributed by atoms with Gasteiger partial charge in [0.1, 0.15) is 0 Å². The molecule has 1 aromatic rings. The van der Waals surface area contributed by atoms with Crippen molar-refractivity contribution in [2.24, 2.45) is 23.2 Å². The molecule has 1 saturated carbocycles. The van der Waals surface area contributed by atoms with Crippen molar-refractivity contribution in [2.45, 2.75) is 64.3 Å². The summed E-state index contributed by atoms with van der Waals surface area (Å²) in [6, 6.07) is 3.83. The number of benzene rings is 1. The molecule has 39 heavy (non-hydrogen) atoms. The zero-order valence-corrected chi connectivity index (χ0v) is 22.8. The van der Waals surface area contributed by atoms with Crippen molar-refractivity contribution in [3.05, 3.63) is 34.9 Å². The van der Waals surface area contributed by atoms with Gasteiger partial charge in [-0.25, -0.2) is 4.79 Å². The van der Waals surface area contributed by atoms with Crippen LogP contribution in [-0.4, -0.2) is 74.5 Å².